The molecule has 0 spiro atoms. The summed E-state index contributed by atoms with van der Waals surface area (Å²) in [5.74, 6) is 1.38. The van der Waals surface area contributed by atoms with E-state index >= 15 is 0 Å². The minimum atomic E-state index is -3.51. The van der Waals surface area contributed by atoms with Crippen molar-refractivity contribution in [2.45, 2.75) is 13.3 Å². The Morgan fingerprint density at radius 3 is 2.63 bits per heavy atom. The van der Waals surface area contributed by atoms with Gasteiger partial charge in [-0.3, -0.25) is 9.52 Å². The molecule has 0 fully saturated rings. The Bertz CT molecular complexity index is 648. The zero-order valence-corrected chi connectivity index (χ0v) is 11.8. The molecule has 1 rings (SSSR count). The van der Waals surface area contributed by atoms with Crippen molar-refractivity contribution in [1.29, 1.82) is 0 Å². The third-order valence-corrected chi connectivity index (χ3v) is 4.08. The Morgan fingerprint density at radius 1 is 1.53 bits per heavy atom. The molecule has 102 valence electrons. The number of benzene rings is 1. The van der Waals surface area contributed by atoms with Crippen LogP contribution in [0.5, 0.6) is 0 Å². The SMILES string of the molecule is C#Cc1c(NS(=O)(=O)CCC)ccc(Cl)c1C(N)=O. The first-order chi connectivity index (χ1) is 8.82. The van der Waals surface area contributed by atoms with Crippen molar-refractivity contribution in [1.82, 2.24) is 0 Å². The van der Waals surface area contributed by atoms with Crippen LogP contribution < -0.4 is 10.5 Å². The standard InChI is InChI=1S/C12H13ClN2O3S/c1-3-7-19(17,18)15-10-6-5-9(13)11(12(14)16)8(10)4-2/h2,5-6,15H,3,7H2,1H3,(H2,14,16). The minimum absolute atomic E-state index is 0.0414. The third kappa shape index (κ3) is 3.63. The van der Waals surface area contributed by atoms with E-state index in [0.29, 0.717) is 6.42 Å². The first-order valence-electron chi connectivity index (χ1n) is 5.41. The second kappa shape index (κ2) is 5.95. The van der Waals surface area contributed by atoms with Crippen molar-refractivity contribution in [3.05, 3.63) is 28.3 Å². The van der Waals surface area contributed by atoms with Crippen molar-refractivity contribution < 1.29 is 13.2 Å². The summed E-state index contributed by atoms with van der Waals surface area (Å²) < 4.78 is 25.7. The monoisotopic (exact) mass is 300 g/mol. The number of sulfonamides is 1. The van der Waals surface area contributed by atoms with Crippen molar-refractivity contribution >= 4 is 33.2 Å². The highest BCUT2D eigenvalue weighted by Gasteiger charge is 2.18. The molecule has 0 saturated carbocycles. The van der Waals surface area contributed by atoms with E-state index in [9.17, 15) is 13.2 Å². The number of anilines is 1. The summed E-state index contributed by atoms with van der Waals surface area (Å²) in [5.41, 5.74) is 5.28. The zero-order chi connectivity index (χ0) is 14.6. The average Bonchev–Trinajstić information content (AvgIpc) is 2.29. The van der Waals surface area contributed by atoms with Gasteiger partial charge in [0.2, 0.25) is 10.0 Å². The maximum atomic E-state index is 11.7. The van der Waals surface area contributed by atoms with Gasteiger partial charge in [-0.15, -0.1) is 6.42 Å². The van der Waals surface area contributed by atoms with Gasteiger partial charge in [0, 0.05) is 0 Å². The number of primary amides is 1. The molecular formula is C12H13ClN2O3S. The minimum Gasteiger partial charge on any atom is -0.366 e. The van der Waals surface area contributed by atoms with Crippen molar-refractivity contribution in [3.63, 3.8) is 0 Å². The summed E-state index contributed by atoms with van der Waals surface area (Å²) in [7, 11) is -3.51. The molecule has 1 amide bonds. The number of hydrogen-bond donors (Lipinski definition) is 2. The molecule has 0 aliphatic carbocycles. The van der Waals surface area contributed by atoms with Crippen molar-refractivity contribution in [2.24, 2.45) is 5.73 Å². The summed E-state index contributed by atoms with van der Waals surface area (Å²) in [6, 6.07) is 2.77. The van der Waals surface area contributed by atoms with Crippen LogP contribution in [0.15, 0.2) is 12.1 Å². The quantitative estimate of drug-likeness (QED) is 0.809. The summed E-state index contributed by atoms with van der Waals surface area (Å²) >= 11 is 5.83. The molecule has 5 nitrogen and oxygen atoms in total. The van der Waals surface area contributed by atoms with Crippen LogP contribution in [-0.2, 0) is 10.0 Å². The highest BCUT2D eigenvalue weighted by molar-refractivity contribution is 7.92. The molecule has 1 aromatic carbocycles. The Labute approximate surface area is 117 Å². The van der Waals surface area contributed by atoms with E-state index in [4.69, 9.17) is 23.8 Å². The lowest BCUT2D eigenvalue weighted by Crippen LogP contribution is -2.19. The topological polar surface area (TPSA) is 89.3 Å². The fourth-order valence-corrected chi connectivity index (χ4v) is 2.94. The van der Waals surface area contributed by atoms with Gasteiger partial charge >= 0.3 is 0 Å². The van der Waals surface area contributed by atoms with E-state index in [1.54, 1.807) is 6.92 Å². The van der Waals surface area contributed by atoms with E-state index in [1.165, 1.54) is 12.1 Å². The van der Waals surface area contributed by atoms with Crippen LogP contribution in [0.4, 0.5) is 5.69 Å². The number of nitrogens with two attached hydrogens (primary N) is 1. The Balaban J connectivity index is 3.36. The maximum absolute atomic E-state index is 11.7. The molecule has 0 aliphatic heterocycles. The molecule has 19 heavy (non-hydrogen) atoms. The van der Waals surface area contributed by atoms with E-state index in [-0.39, 0.29) is 27.6 Å². The van der Waals surface area contributed by atoms with E-state index in [0.717, 1.165) is 0 Å². The van der Waals surface area contributed by atoms with Gasteiger partial charge in [-0.1, -0.05) is 24.4 Å². The van der Waals surface area contributed by atoms with Gasteiger partial charge in [0.25, 0.3) is 5.91 Å². The molecule has 7 heteroatoms. The Morgan fingerprint density at radius 2 is 2.16 bits per heavy atom. The van der Waals surface area contributed by atoms with E-state index in [2.05, 4.69) is 10.6 Å². The number of nitrogens with one attached hydrogen (secondary N) is 1. The summed E-state index contributed by atoms with van der Waals surface area (Å²) in [5, 5.41) is 0.0823. The first-order valence-corrected chi connectivity index (χ1v) is 7.44. The number of hydrogen-bond acceptors (Lipinski definition) is 3. The van der Waals surface area contributed by atoms with Crippen LogP contribution in [-0.4, -0.2) is 20.1 Å². The molecule has 3 N–H and O–H groups in total. The van der Waals surface area contributed by atoms with Gasteiger partial charge in [0.05, 0.1) is 27.6 Å². The molecule has 1 aromatic rings. The lowest BCUT2D eigenvalue weighted by molar-refractivity contribution is 0.1000. The molecule has 0 aliphatic rings. The molecule has 0 radical (unpaired) electrons. The van der Waals surface area contributed by atoms with Gasteiger partial charge < -0.3 is 5.73 Å². The average molecular weight is 301 g/mol. The number of carbonyl (C=O) groups excluding carboxylic acids is 1. The Kier molecular flexibility index (Phi) is 4.81. The van der Waals surface area contributed by atoms with E-state index < -0.39 is 15.9 Å². The second-order valence-corrected chi connectivity index (χ2v) is 6.02. The Hall–Kier alpha value is -1.71. The number of rotatable bonds is 5. The highest BCUT2D eigenvalue weighted by Crippen LogP contribution is 2.27. The molecule has 0 saturated heterocycles. The van der Waals surface area contributed by atoms with Crippen LogP contribution in [0.3, 0.4) is 0 Å². The summed E-state index contributed by atoms with van der Waals surface area (Å²) in [6.07, 6.45) is 5.76. The van der Waals surface area contributed by atoms with Crippen LogP contribution in [0.2, 0.25) is 5.02 Å². The molecule has 0 unspecified atom stereocenters. The van der Waals surface area contributed by atoms with Gasteiger partial charge in [-0.25, -0.2) is 8.42 Å². The van der Waals surface area contributed by atoms with Gasteiger partial charge in [0.1, 0.15) is 0 Å². The fraction of sp³-hybridized carbons (Fsp3) is 0.250. The normalized spacial score (nSPS) is 10.8. The highest BCUT2D eigenvalue weighted by atomic mass is 35.5. The molecular weight excluding hydrogens is 288 g/mol. The van der Waals surface area contributed by atoms with E-state index in [1.807, 2.05) is 0 Å². The molecule has 0 atom stereocenters. The van der Waals surface area contributed by atoms with Crippen LogP contribution >= 0.6 is 11.6 Å². The van der Waals surface area contributed by atoms with Crippen LogP contribution in [0.1, 0.15) is 29.3 Å². The second-order valence-electron chi connectivity index (χ2n) is 3.77. The third-order valence-electron chi connectivity index (χ3n) is 2.28. The number of amides is 1. The fourth-order valence-electron chi connectivity index (χ4n) is 1.54. The lowest BCUT2D eigenvalue weighted by Gasteiger charge is -2.12. The lowest BCUT2D eigenvalue weighted by atomic mass is 10.1. The number of carbonyl (C=O) groups is 1. The summed E-state index contributed by atoms with van der Waals surface area (Å²) in [4.78, 5) is 11.3. The van der Waals surface area contributed by atoms with Gasteiger partial charge in [-0.2, -0.15) is 0 Å². The summed E-state index contributed by atoms with van der Waals surface area (Å²) in [6.45, 7) is 1.73. The molecule has 0 aromatic heterocycles. The van der Waals surface area contributed by atoms with Gasteiger partial charge in [0.15, 0.2) is 0 Å². The smallest absolute Gasteiger partial charge is 0.251 e. The largest absolute Gasteiger partial charge is 0.366 e. The first kappa shape index (κ1) is 15.3. The van der Waals surface area contributed by atoms with Crippen molar-refractivity contribution in [2.75, 3.05) is 10.5 Å². The molecule has 0 heterocycles. The van der Waals surface area contributed by atoms with Crippen LogP contribution in [0.25, 0.3) is 0 Å². The number of halogens is 1. The van der Waals surface area contributed by atoms with Gasteiger partial charge in [-0.05, 0) is 18.6 Å². The predicted octanol–water partition coefficient (Wildman–Crippen LogP) is 1.57. The van der Waals surface area contributed by atoms with Crippen molar-refractivity contribution in [3.8, 4) is 12.3 Å². The maximum Gasteiger partial charge on any atom is 0.251 e. The predicted molar refractivity (Wildman–Crippen MR) is 75.6 cm³/mol. The molecule has 0 bridgehead atoms. The number of terminal acetylenes is 1. The van der Waals surface area contributed by atoms with Crippen LogP contribution in [0, 0.1) is 12.3 Å². The zero-order valence-electron chi connectivity index (χ0n) is 10.2.